The zero-order valence-electron chi connectivity index (χ0n) is 20.5. The number of aromatic nitrogens is 2. The minimum Gasteiger partial charge on any atom is -0.379 e. The van der Waals surface area contributed by atoms with E-state index < -0.39 is 5.92 Å². The maximum absolute atomic E-state index is 12.7. The smallest absolute Gasteiger partial charge is 0.251 e. The number of benzene rings is 2. The molecule has 1 amide bonds. The van der Waals surface area contributed by atoms with E-state index in [0.717, 1.165) is 54.9 Å². The summed E-state index contributed by atoms with van der Waals surface area (Å²) in [7, 11) is 0. The van der Waals surface area contributed by atoms with Gasteiger partial charge >= 0.3 is 0 Å². The highest BCUT2D eigenvalue weighted by atomic mass is 16.5. The molecule has 0 aliphatic carbocycles. The van der Waals surface area contributed by atoms with Crippen molar-refractivity contribution in [3.8, 4) is 12.1 Å². The van der Waals surface area contributed by atoms with Gasteiger partial charge < -0.3 is 15.4 Å². The minimum absolute atomic E-state index is 0.139. The van der Waals surface area contributed by atoms with Gasteiger partial charge in [0.05, 0.1) is 59.8 Å². The van der Waals surface area contributed by atoms with Crippen LogP contribution in [0.1, 0.15) is 34.3 Å². The molecule has 3 aromatic rings. The molecular formula is C28H27N7O2. The molecule has 0 saturated carbocycles. The minimum atomic E-state index is -0.506. The maximum atomic E-state index is 12.7. The fourth-order valence-electron chi connectivity index (χ4n) is 4.84. The van der Waals surface area contributed by atoms with Crippen LogP contribution in [0.2, 0.25) is 0 Å². The van der Waals surface area contributed by atoms with E-state index in [1.54, 1.807) is 18.3 Å². The number of dihydropyridines is 1. The second kappa shape index (κ2) is 10.7. The summed E-state index contributed by atoms with van der Waals surface area (Å²) in [4.78, 5) is 14.9. The number of nitrogens with zero attached hydrogens (tertiary/aromatic N) is 4. The molecule has 0 spiro atoms. The van der Waals surface area contributed by atoms with E-state index in [9.17, 15) is 15.3 Å². The van der Waals surface area contributed by atoms with Gasteiger partial charge in [0, 0.05) is 42.8 Å². The number of carbonyl (C=O) groups is 1. The Morgan fingerprint density at radius 2 is 1.89 bits per heavy atom. The van der Waals surface area contributed by atoms with Crippen molar-refractivity contribution in [3.63, 3.8) is 0 Å². The third-order valence-electron chi connectivity index (χ3n) is 6.85. The highest BCUT2D eigenvalue weighted by Gasteiger charge is 2.31. The number of allylic oxidation sites excluding steroid dienone is 3. The van der Waals surface area contributed by atoms with Crippen molar-refractivity contribution in [1.29, 1.82) is 10.5 Å². The Kier molecular flexibility index (Phi) is 7.00. The van der Waals surface area contributed by atoms with Gasteiger partial charge in [-0.25, -0.2) is 0 Å². The van der Waals surface area contributed by atoms with Crippen molar-refractivity contribution in [2.24, 2.45) is 0 Å². The van der Waals surface area contributed by atoms with Gasteiger partial charge in [-0.2, -0.15) is 15.6 Å². The summed E-state index contributed by atoms with van der Waals surface area (Å²) in [6, 6.07) is 17.6. The predicted molar refractivity (Wildman–Crippen MR) is 139 cm³/mol. The number of ether oxygens (including phenoxy) is 1. The Hall–Kier alpha value is -4.44. The van der Waals surface area contributed by atoms with Crippen LogP contribution in [0.15, 0.2) is 65.5 Å². The Morgan fingerprint density at radius 1 is 1.14 bits per heavy atom. The lowest BCUT2D eigenvalue weighted by Gasteiger charge is -2.28. The topological polar surface area (TPSA) is 130 Å². The van der Waals surface area contributed by atoms with Crippen molar-refractivity contribution in [1.82, 2.24) is 25.7 Å². The van der Waals surface area contributed by atoms with E-state index in [-0.39, 0.29) is 5.91 Å². The number of fused-ring (bicyclic) bond motifs is 1. The van der Waals surface area contributed by atoms with Gasteiger partial charge in [-0.1, -0.05) is 18.2 Å². The third kappa shape index (κ3) is 4.96. The summed E-state index contributed by atoms with van der Waals surface area (Å²) >= 11 is 0. The molecule has 0 radical (unpaired) electrons. The average molecular weight is 494 g/mol. The normalized spacial score (nSPS) is 18.3. The van der Waals surface area contributed by atoms with Gasteiger partial charge in [0.25, 0.3) is 5.91 Å². The molecule has 9 heteroatoms. The number of rotatable bonds is 6. The second-order valence-electron chi connectivity index (χ2n) is 9.11. The molecule has 2 aliphatic rings. The number of nitriles is 2. The third-order valence-corrected chi connectivity index (χ3v) is 6.85. The lowest BCUT2D eigenvalue weighted by atomic mass is 9.80. The first-order valence-corrected chi connectivity index (χ1v) is 12.2. The maximum Gasteiger partial charge on any atom is 0.251 e. The van der Waals surface area contributed by atoms with E-state index in [1.165, 1.54) is 0 Å². The Bertz CT molecular complexity index is 1460. The molecule has 0 bridgehead atoms. The van der Waals surface area contributed by atoms with Crippen molar-refractivity contribution in [2.75, 3.05) is 39.4 Å². The number of H-pyrrole nitrogens is 1. The molecular weight excluding hydrogens is 466 g/mol. The van der Waals surface area contributed by atoms with Gasteiger partial charge in [0.1, 0.15) is 0 Å². The SMILES string of the molecule is CC1=C(C#N)C(c2ccc3[nH]ncc3c2)C(C#N)=C(c2ccc(C(=O)NCCN3CCOCC3)cc2)N1. The average Bonchev–Trinajstić information content (AvgIpc) is 3.41. The lowest BCUT2D eigenvalue weighted by Crippen LogP contribution is -2.41. The highest BCUT2D eigenvalue weighted by Crippen LogP contribution is 2.40. The molecule has 37 heavy (non-hydrogen) atoms. The van der Waals surface area contributed by atoms with Crippen LogP contribution in [0.5, 0.6) is 0 Å². The van der Waals surface area contributed by atoms with Crippen LogP contribution < -0.4 is 10.6 Å². The Labute approximate surface area is 215 Å². The van der Waals surface area contributed by atoms with Gasteiger partial charge in [-0.15, -0.1) is 0 Å². The van der Waals surface area contributed by atoms with Crippen LogP contribution in [0, 0.1) is 22.7 Å². The quantitative estimate of drug-likeness (QED) is 0.481. The number of carbonyl (C=O) groups excluding carboxylic acids is 1. The van der Waals surface area contributed by atoms with Crippen LogP contribution in [0.4, 0.5) is 0 Å². The van der Waals surface area contributed by atoms with Crippen LogP contribution in [-0.2, 0) is 4.74 Å². The van der Waals surface area contributed by atoms with Gasteiger partial charge in [-0.05, 0) is 42.3 Å². The van der Waals surface area contributed by atoms with Crippen LogP contribution in [0.3, 0.4) is 0 Å². The van der Waals surface area contributed by atoms with E-state index in [4.69, 9.17) is 4.74 Å². The summed E-state index contributed by atoms with van der Waals surface area (Å²) < 4.78 is 5.36. The zero-order chi connectivity index (χ0) is 25.8. The van der Waals surface area contributed by atoms with E-state index in [2.05, 4.69) is 37.9 Å². The van der Waals surface area contributed by atoms with Gasteiger partial charge in [0.15, 0.2) is 0 Å². The molecule has 2 aromatic carbocycles. The molecule has 3 heterocycles. The standard InChI is InChI=1S/C28H27N7O2/c1-18-23(15-29)26(21-6-7-25-22(14-21)17-32-34-25)24(16-30)27(33-18)19-2-4-20(5-3-19)28(36)31-8-9-35-10-12-37-13-11-35/h2-7,14,17,26,33H,8-13H2,1H3,(H,31,36)(H,32,34). The molecule has 9 nitrogen and oxygen atoms in total. The van der Waals surface area contributed by atoms with Crippen molar-refractivity contribution < 1.29 is 9.53 Å². The first-order valence-electron chi connectivity index (χ1n) is 12.2. The summed E-state index contributed by atoms with van der Waals surface area (Å²) in [5, 5.41) is 34.3. The van der Waals surface area contributed by atoms with Gasteiger partial charge in [-0.3, -0.25) is 14.8 Å². The fourth-order valence-corrected chi connectivity index (χ4v) is 4.84. The number of aromatic amines is 1. The van der Waals surface area contributed by atoms with E-state index in [1.807, 2.05) is 37.3 Å². The van der Waals surface area contributed by atoms with E-state index >= 15 is 0 Å². The molecule has 2 aliphatic heterocycles. The summed E-state index contributed by atoms with van der Waals surface area (Å²) in [6.07, 6.45) is 1.73. The van der Waals surface area contributed by atoms with Gasteiger partial charge in [0.2, 0.25) is 0 Å². The summed E-state index contributed by atoms with van der Waals surface area (Å²) in [5.74, 6) is -0.645. The number of nitrogens with one attached hydrogen (secondary N) is 3. The molecule has 1 saturated heterocycles. The first kappa shape index (κ1) is 24.3. The molecule has 5 rings (SSSR count). The Balaban J connectivity index is 1.38. The van der Waals surface area contributed by atoms with E-state index in [0.29, 0.717) is 34.6 Å². The number of hydrogen-bond donors (Lipinski definition) is 3. The fraction of sp³-hybridized carbons (Fsp3) is 0.286. The van der Waals surface area contributed by atoms with Crippen molar-refractivity contribution in [3.05, 3.63) is 82.2 Å². The number of morpholine rings is 1. The van der Waals surface area contributed by atoms with Crippen LogP contribution in [0.25, 0.3) is 16.6 Å². The summed E-state index contributed by atoms with van der Waals surface area (Å²) in [5.41, 5.74) is 5.33. The molecule has 1 fully saturated rings. The Morgan fingerprint density at radius 3 is 2.62 bits per heavy atom. The predicted octanol–water partition coefficient (Wildman–Crippen LogP) is 3.04. The monoisotopic (exact) mass is 493 g/mol. The first-order chi connectivity index (χ1) is 18.1. The second-order valence-corrected chi connectivity index (χ2v) is 9.11. The molecule has 3 N–H and O–H groups in total. The molecule has 1 aromatic heterocycles. The highest BCUT2D eigenvalue weighted by molar-refractivity contribution is 5.94. The van der Waals surface area contributed by atoms with Crippen molar-refractivity contribution >= 4 is 22.5 Å². The molecule has 1 unspecified atom stereocenters. The zero-order valence-corrected chi connectivity index (χ0v) is 20.5. The number of amides is 1. The van der Waals surface area contributed by atoms with Crippen molar-refractivity contribution in [2.45, 2.75) is 12.8 Å². The summed E-state index contributed by atoms with van der Waals surface area (Å²) in [6.45, 7) is 6.41. The van der Waals surface area contributed by atoms with Crippen LogP contribution >= 0.6 is 0 Å². The largest absolute Gasteiger partial charge is 0.379 e. The lowest BCUT2D eigenvalue weighted by molar-refractivity contribution is 0.0383. The van der Waals surface area contributed by atoms with Crippen LogP contribution in [-0.4, -0.2) is 60.4 Å². The molecule has 1 atom stereocenters. The number of hydrogen-bond acceptors (Lipinski definition) is 7. The molecule has 186 valence electrons.